The molecule has 1 heterocycles. The molecular formula is C11H16N2O3. The van der Waals surface area contributed by atoms with Gasteiger partial charge in [0, 0.05) is 18.3 Å². The molecule has 0 amide bonds. The average Bonchev–Trinajstić information content (AvgIpc) is 2.35. The average molecular weight is 224 g/mol. The molecule has 0 saturated carbocycles. The Hall–Kier alpha value is -1.62. The number of carbonyl (C=O) groups excluding carboxylic acids is 1. The summed E-state index contributed by atoms with van der Waals surface area (Å²) in [4.78, 5) is 15.2. The standard InChI is InChI=1S/C11H16N2O3/c1-8(11(14)16-3)13-7-9-5-4-6-12-10(9)15-2/h4-6,8,13H,7H2,1-3H3. The Morgan fingerprint density at radius 1 is 1.56 bits per heavy atom. The van der Waals surface area contributed by atoms with E-state index in [9.17, 15) is 4.79 Å². The molecule has 0 saturated heterocycles. The van der Waals surface area contributed by atoms with E-state index in [0.717, 1.165) is 5.56 Å². The summed E-state index contributed by atoms with van der Waals surface area (Å²) < 4.78 is 9.71. The van der Waals surface area contributed by atoms with Crippen LogP contribution in [-0.2, 0) is 16.1 Å². The lowest BCUT2D eigenvalue weighted by Gasteiger charge is -2.12. The zero-order valence-corrected chi connectivity index (χ0v) is 9.69. The molecule has 0 aliphatic heterocycles. The van der Waals surface area contributed by atoms with E-state index in [-0.39, 0.29) is 12.0 Å². The molecule has 0 fully saturated rings. The number of esters is 1. The maximum atomic E-state index is 11.2. The van der Waals surface area contributed by atoms with E-state index in [1.54, 1.807) is 20.2 Å². The lowest BCUT2D eigenvalue weighted by Crippen LogP contribution is -2.34. The second kappa shape index (κ2) is 6.07. The van der Waals surface area contributed by atoms with Crippen LogP contribution in [0.4, 0.5) is 0 Å². The SMILES string of the molecule is COC(=O)C(C)NCc1cccnc1OC. The van der Waals surface area contributed by atoms with Crippen LogP contribution in [0.2, 0.25) is 0 Å². The number of nitrogens with zero attached hydrogens (tertiary/aromatic N) is 1. The first kappa shape index (κ1) is 12.4. The minimum atomic E-state index is -0.352. The molecule has 1 aromatic rings. The van der Waals surface area contributed by atoms with Crippen molar-refractivity contribution in [2.75, 3.05) is 14.2 Å². The number of pyridine rings is 1. The number of hydrogen-bond acceptors (Lipinski definition) is 5. The van der Waals surface area contributed by atoms with Crippen LogP contribution in [0.1, 0.15) is 12.5 Å². The lowest BCUT2D eigenvalue weighted by molar-refractivity contribution is -0.142. The monoisotopic (exact) mass is 224 g/mol. The fraction of sp³-hybridized carbons (Fsp3) is 0.455. The molecule has 0 bridgehead atoms. The van der Waals surface area contributed by atoms with Crippen LogP contribution < -0.4 is 10.1 Å². The van der Waals surface area contributed by atoms with E-state index >= 15 is 0 Å². The van der Waals surface area contributed by atoms with E-state index in [1.165, 1.54) is 7.11 Å². The Labute approximate surface area is 94.8 Å². The highest BCUT2D eigenvalue weighted by Gasteiger charge is 2.13. The Balaban J connectivity index is 2.57. The first-order valence-electron chi connectivity index (χ1n) is 4.98. The predicted molar refractivity (Wildman–Crippen MR) is 59.1 cm³/mol. The highest BCUT2D eigenvalue weighted by molar-refractivity contribution is 5.75. The third kappa shape index (κ3) is 3.20. The van der Waals surface area contributed by atoms with E-state index in [0.29, 0.717) is 12.4 Å². The van der Waals surface area contributed by atoms with Crippen molar-refractivity contribution in [2.45, 2.75) is 19.5 Å². The number of ether oxygens (including phenoxy) is 2. The van der Waals surface area contributed by atoms with Crippen LogP contribution in [-0.4, -0.2) is 31.2 Å². The zero-order chi connectivity index (χ0) is 12.0. The fourth-order valence-corrected chi connectivity index (χ4v) is 1.27. The van der Waals surface area contributed by atoms with Gasteiger partial charge in [0.05, 0.1) is 14.2 Å². The second-order valence-electron chi connectivity index (χ2n) is 3.30. The summed E-state index contributed by atoms with van der Waals surface area (Å²) >= 11 is 0. The molecule has 0 aromatic carbocycles. The highest BCUT2D eigenvalue weighted by atomic mass is 16.5. The van der Waals surface area contributed by atoms with Crippen molar-refractivity contribution in [1.82, 2.24) is 10.3 Å². The number of aromatic nitrogens is 1. The van der Waals surface area contributed by atoms with Crippen LogP contribution in [0.25, 0.3) is 0 Å². The highest BCUT2D eigenvalue weighted by Crippen LogP contribution is 2.12. The zero-order valence-electron chi connectivity index (χ0n) is 9.69. The van der Waals surface area contributed by atoms with Crippen molar-refractivity contribution in [3.63, 3.8) is 0 Å². The Kier molecular flexibility index (Phi) is 4.72. The molecule has 1 aromatic heterocycles. The van der Waals surface area contributed by atoms with Gasteiger partial charge >= 0.3 is 5.97 Å². The molecule has 88 valence electrons. The molecule has 5 nitrogen and oxygen atoms in total. The van der Waals surface area contributed by atoms with E-state index in [1.807, 2.05) is 12.1 Å². The van der Waals surface area contributed by atoms with Crippen molar-refractivity contribution in [2.24, 2.45) is 0 Å². The normalized spacial score (nSPS) is 11.9. The summed E-state index contributed by atoms with van der Waals surface area (Å²) in [5.41, 5.74) is 0.903. The van der Waals surface area contributed by atoms with Crippen LogP contribution >= 0.6 is 0 Å². The van der Waals surface area contributed by atoms with Crippen molar-refractivity contribution in [3.05, 3.63) is 23.9 Å². The smallest absolute Gasteiger partial charge is 0.322 e. The Morgan fingerprint density at radius 2 is 2.31 bits per heavy atom. The van der Waals surface area contributed by atoms with Crippen LogP contribution in [0.15, 0.2) is 18.3 Å². The van der Waals surface area contributed by atoms with Crippen molar-refractivity contribution in [1.29, 1.82) is 0 Å². The van der Waals surface area contributed by atoms with Gasteiger partial charge in [-0.1, -0.05) is 6.07 Å². The maximum Gasteiger partial charge on any atom is 0.322 e. The number of methoxy groups -OCH3 is 2. The summed E-state index contributed by atoms with van der Waals surface area (Å²) in [6.45, 7) is 2.25. The molecule has 1 atom stereocenters. The molecule has 5 heteroatoms. The van der Waals surface area contributed by atoms with Crippen LogP contribution in [0.5, 0.6) is 5.88 Å². The van der Waals surface area contributed by atoms with Gasteiger partial charge in [0.15, 0.2) is 0 Å². The largest absolute Gasteiger partial charge is 0.481 e. The van der Waals surface area contributed by atoms with Gasteiger partial charge in [0.2, 0.25) is 5.88 Å². The van der Waals surface area contributed by atoms with Crippen molar-refractivity contribution >= 4 is 5.97 Å². The van der Waals surface area contributed by atoms with Gasteiger partial charge in [-0.15, -0.1) is 0 Å². The summed E-state index contributed by atoms with van der Waals surface area (Å²) in [5.74, 6) is 0.273. The number of hydrogen-bond donors (Lipinski definition) is 1. The first-order chi connectivity index (χ1) is 7.69. The lowest BCUT2D eigenvalue weighted by atomic mass is 10.2. The molecule has 0 spiro atoms. The number of nitrogens with one attached hydrogen (secondary N) is 1. The van der Waals surface area contributed by atoms with E-state index < -0.39 is 0 Å². The first-order valence-corrected chi connectivity index (χ1v) is 4.98. The molecule has 0 aliphatic rings. The van der Waals surface area contributed by atoms with Gasteiger partial charge in [-0.3, -0.25) is 4.79 Å². The quantitative estimate of drug-likeness (QED) is 0.747. The van der Waals surface area contributed by atoms with Gasteiger partial charge < -0.3 is 14.8 Å². The van der Waals surface area contributed by atoms with Crippen LogP contribution in [0, 0.1) is 0 Å². The summed E-state index contributed by atoms with van der Waals surface area (Å²) in [7, 11) is 2.93. The second-order valence-corrected chi connectivity index (χ2v) is 3.30. The molecule has 1 unspecified atom stereocenters. The summed E-state index contributed by atoms with van der Waals surface area (Å²) in [5, 5.41) is 3.03. The third-order valence-electron chi connectivity index (χ3n) is 2.20. The molecular weight excluding hydrogens is 208 g/mol. The van der Waals surface area contributed by atoms with Gasteiger partial charge in [-0.25, -0.2) is 4.98 Å². The van der Waals surface area contributed by atoms with E-state index in [2.05, 4.69) is 15.0 Å². The van der Waals surface area contributed by atoms with Gasteiger partial charge in [0.25, 0.3) is 0 Å². The Morgan fingerprint density at radius 3 is 2.94 bits per heavy atom. The summed E-state index contributed by atoms with van der Waals surface area (Å²) in [6.07, 6.45) is 1.66. The van der Waals surface area contributed by atoms with Crippen molar-refractivity contribution in [3.8, 4) is 5.88 Å². The van der Waals surface area contributed by atoms with Crippen LogP contribution in [0.3, 0.4) is 0 Å². The molecule has 0 radical (unpaired) electrons. The van der Waals surface area contributed by atoms with E-state index in [4.69, 9.17) is 4.74 Å². The maximum absolute atomic E-state index is 11.2. The molecule has 1 rings (SSSR count). The van der Waals surface area contributed by atoms with Crippen molar-refractivity contribution < 1.29 is 14.3 Å². The van der Waals surface area contributed by atoms with Gasteiger partial charge in [-0.2, -0.15) is 0 Å². The molecule has 1 N–H and O–H groups in total. The predicted octanol–water partition coefficient (Wildman–Crippen LogP) is 0.741. The minimum absolute atomic E-state index is 0.289. The topological polar surface area (TPSA) is 60.5 Å². The number of rotatable bonds is 5. The minimum Gasteiger partial charge on any atom is -0.481 e. The van der Waals surface area contributed by atoms with Gasteiger partial charge in [0.1, 0.15) is 6.04 Å². The van der Waals surface area contributed by atoms with Gasteiger partial charge in [-0.05, 0) is 13.0 Å². The third-order valence-corrected chi connectivity index (χ3v) is 2.20. The number of carbonyl (C=O) groups is 1. The Bertz CT molecular complexity index is 355. The fourth-order valence-electron chi connectivity index (χ4n) is 1.27. The summed E-state index contributed by atoms with van der Waals surface area (Å²) in [6, 6.07) is 3.36. The molecule has 16 heavy (non-hydrogen) atoms. The molecule has 0 aliphatic carbocycles.